The van der Waals surface area contributed by atoms with Gasteiger partial charge in [0, 0.05) is 32.4 Å². The highest BCUT2D eigenvalue weighted by molar-refractivity contribution is 7.92. The Labute approximate surface area is 122 Å². The smallest absolute Gasteiger partial charge is 0.243 e. The number of rotatable bonds is 6. The van der Waals surface area contributed by atoms with E-state index in [1.807, 2.05) is 0 Å². The van der Waals surface area contributed by atoms with E-state index in [1.54, 1.807) is 4.90 Å². The van der Waals surface area contributed by atoms with Gasteiger partial charge < -0.3 is 10.6 Å². The van der Waals surface area contributed by atoms with Gasteiger partial charge in [-0.25, -0.2) is 8.42 Å². The molecular formula is C13H27N3O3S. The number of hydrogen-bond acceptors (Lipinski definition) is 5. The zero-order valence-corrected chi connectivity index (χ0v) is 13.6. The molecule has 0 aliphatic carbocycles. The summed E-state index contributed by atoms with van der Waals surface area (Å²) in [5.41, 5.74) is 5.47. The molecule has 1 rings (SSSR count). The summed E-state index contributed by atoms with van der Waals surface area (Å²) in [6.07, 6.45) is 3.20. The molecule has 1 saturated heterocycles. The summed E-state index contributed by atoms with van der Waals surface area (Å²) < 4.78 is 22.1. The topological polar surface area (TPSA) is 83.7 Å². The van der Waals surface area contributed by atoms with Crippen molar-refractivity contribution >= 4 is 15.7 Å². The van der Waals surface area contributed by atoms with Crippen LogP contribution < -0.4 is 5.73 Å². The van der Waals surface area contributed by atoms with Crippen molar-refractivity contribution in [2.75, 3.05) is 45.5 Å². The van der Waals surface area contributed by atoms with Gasteiger partial charge in [0.1, 0.15) is 4.75 Å². The normalized spacial score (nSPS) is 18.3. The van der Waals surface area contributed by atoms with E-state index in [1.165, 1.54) is 13.8 Å². The van der Waals surface area contributed by atoms with Gasteiger partial charge in [-0.3, -0.25) is 9.69 Å². The fourth-order valence-electron chi connectivity index (χ4n) is 2.19. The van der Waals surface area contributed by atoms with Crippen molar-refractivity contribution < 1.29 is 13.2 Å². The van der Waals surface area contributed by atoms with Gasteiger partial charge in [-0.15, -0.1) is 0 Å². The van der Waals surface area contributed by atoms with E-state index in [0.29, 0.717) is 19.6 Å². The van der Waals surface area contributed by atoms with Crippen LogP contribution in [0.1, 0.15) is 26.7 Å². The summed E-state index contributed by atoms with van der Waals surface area (Å²) in [5, 5.41) is 0. The molecule has 2 N–H and O–H groups in total. The Hall–Kier alpha value is -0.660. The minimum Gasteiger partial charge on any atom is -0.339 e. The zero-order valence-electron chi connectivity index (χ0n) is 12.8. The lowest BCUT2D eigenvalue weighted by Gasteiger charge is -2.38. The van der Waals surface area contributed by atoms with Crippen LogP contribution >= 0.6 is 0 Å². The van der Waals surface area contributed by atoms with Gasteiger partial charge in [0.2, 0.25) is 5.91 Å². The first-order valence-corrected chi connectivity index (χ1v) is 9.00. The molecule has 20 heavy (non-hydrogen) atoms. The van der Waals surface area contributed by atoms with Crippen LogP contribution in [0.5, 0.6) is 0 Å². The van der Waals surface area contributed by atoms with Crippen LogP contribution in [-0.4, -0.2) is 74.4 Å². The number of sulfone groups is 1. The second-order valence-corrected chi connectivity index (χ2v) is 8.48. The minimum absolute atomic E-state index is 0.290. The maximum absolute atomic E-state index is 12.3. The van der Waals surface area contributed by atoms with Crippen LogP contribution in [0.4, 0.5) is 0 Å². The van der Waals surface area contributed by atoms with E-state index in [9.17, 15) is 13.2 Å². The molecule has 1 amide bonds. The predicted molar refractivity (Wildman–Crippen MR) is 80.2 cm³/mol. The van der Waals surface area contributed by atoms with Crippen molar-refractivity contribution in [1.29, 1.82) is 0 Å². The first kappa shape index (κ1) is 17.4. The van der Waals surface area contributed by atoms with Crippen LogP contribution in [0.2, 0.25) is 0 Å². The molecule has 118 valence electrons. The van der Waals surface area contributed by atoms with E-state index in [2.05, 4.69) is 4.90 Å². The molecule has 0 aromatic heterocycles. The maximum atomic E-state index is 12.3. The van der Waals surface area contributed by atoms with Crippen LogP contribution in [-0.2, 0) is 14.6 Å². The summed E-state index contributed by atoms with van der Waals surface area (Å²) in [4.78, 5) is 16.3. The maximum Gasteiger partial charge on any atom is 0.243 e. The van der Waals surface area contributed by atoms with Crippen molar-refractivity contribution in [3.63, 3.8) is 0 Å². The Morgan fingerprint density at radius 2 is 1.70 bits per heavy atom. The highest BCUT2D eigenvalue weighted by Crippen LogP contribution is 2.19. The van der Waals surface area contributed by atoms with E-state index in [4.69, 9.17) is 5.73 Å². The van der Waals surface area contributed by atoms with Crippen molar-refractivity contribution in [3.8, 4) is 0 Å². The fraction of sp³-hybridized carbons (Fsp3) is 0.923. The molecular weight excluding hydrogens is 278 g/mol. The molecule has 1 fully saturated rings. The predicted octanol–water partition coefficient (Wildman–Crippen LogP) is -0.307. The van der Waals surface area contributed by atoms with Crippen molar-refractivity contribution in [2.24, 2.45) is 5.73 Å². The minimum atomic E-state index is -3.40. The van der Waals surface area contributed by atoms with E-state index in [-0.39, 0.29) is 5.91 Å². The number of hydrogen-bond donors (Lipinski definition) is 1. The molecule has 0 radical (unpaired) electrons. The van der Waals surface area contributed by atoms with E-state index < -0.39 is 14.6 Å². The third-order valence-corrected chi connectivity index (χ3v) is 6.06. The average Bonchev–Trinajstić information content (AvgIpc) is 2.37. The van der Waals surface area contributed by atoms with Gasteiger partial charge in [0.25, 0.3) is 0 Å². The summed E-state index contributed by atoms with van der Waals surface area (Å²) in [6.45, 7) is 7.47. The van der Waals surface area contributed by atoms with Gasteiger partial charge in [0.15, 0.2) is 9.84 Å². The summed E-state index contributed by atoms with van der Waals surface area (Å²) in [7, 11) is -3.40. The third kappa shape index (κ3) is 4.17. The molecule has 0 aromatic rings. The summed E-state index contributed by atoms with van der Waals surface area (Å²) in [6, 6.07) is 0. The molecule has 1 aliphatic rings. The Balaban J connectivity index is 2.51. The molecule has 1 aliphatic heterocycles. The fourth-order valence-corrected chi connectivity index (χ4v) is 2.64. The largest absolute Gasteiger partial charge is 0.339 e. The molecule has 7 heteroatoms. The number of amides is 1. The quantitative estimate of drug-likeness (QED) is 0.681. The molecule has 0 saturated carbocycles. The number of carbonyl (C=O) groups excluding carboxylic acids is 1. The van der Waals surface area contributed by atoms with E-state index >= 15 is 0 Å². The molecule has 1 heterocycles. The third-order valence-electron chi connectivity index (χ3n) is 4.03. The van der Waals surface area contributed by atoms with Crippen LogP contribution in [0.15, 0.2) is 0 Å². The van der Waals surface area contributed by atoms with Crippen LogP contribution in [0, 0.1) is 0 Å². The molecule has 0 bridgehead atoms. The van der Waals surface area contributed by atoms with Crippen LogP contribution in [0.3, 0.4) is 0 Å². The lowest BCUT2D eigenvalue weighted by Crippen LogP contribution is -2.56. The number of nitrogens with zero attached hydrogens (tertiary/aromatic N) is 2. The molecule has 0 unspecified atom stereocenters. The Morgan fingerprint density at radius 3 is 2.15 bits per heavy atom. The molecule has 6 nitrogen and oxygen atoms in total. The van der Waals surface area contributed by atoms with Gasteiger partial charge in [-0.2, -0.15) is 0 Å². The standard InChI is InChI=1S/C13H27N3O3S/c1-13(2,20(3,18)19)12(17)16-10-8-15(9-11-16)7-5-4-6-14/h4-11,14H2,1-3H3. The zero-order chi connectivity index (χ0) is 15.4. The van der Waals surface area contributed by atoms with Gasteiger partial charge in [-0.05, 0) is 39.8 Å². The van der Waals surface area contributed by atoms with Gasteiger partial charge in [-0.1, -0.05) is 0 Å². The van der Waals surface area contributed by atoms with Crippen molar-refractivity contribution in [1.82, 2.24) is 9.80 Å². The first-order chi connectivity index (χ1) is 9.20. The number of carbonyl (C=O) groups is 1. The highest BCUT2D eigenvalue weighted by atomic mass is 32.2. The Morgan fingerprint density at radius 1 is 1.15 bits per heavy atom. The second kappa shape index (κ2) is 6.87. The van der Waals surface area contributed by atoms with Crippen molar-refractivity contribution in [3.05, 3.63) is 0 Å². The molecule has 0 atom stereocenters. The SMILES string of the molecule is CC(C)(C(=O)N1CCN(CCCCN)CC1)S(C)(=O)=O. The Bertz CT molecular complexity index is 426. The van der Waals surface area contributed by atoms with Crippen LogP contribution in [0.25, 0.3) is 0 Å². The Kier molecular flexibility index (Phi) is 5.97. The summed E-state index contributed by atoms with van der Waals surface area (Å²) >= 11 is 0. The molecule has 0 aromatic carbocycles. The lowest BCUT2D eigenvalue weighted by atomic mass is 10.1. The van der Waals surface area contributed by atoms with Crippen molar-refractivity contribution in [2.45, 2.75) is 31.4 Å². The van der Waals surface area contributed by atoms with E-state index in [0.717, 1.165) is 38.7 Å². The second-order valence-electron chi connectivity index (χ2n) is 5.91. The number of nitrogens with two attached hydrogens (primary N) is 1. The van der Waals surface area contributed by atoms with Gasteiger partial charge >= 0.3 is 0 Å². The number of piperazine rings is 1. The average molecular weight is 305 g/mol. The number of unbranched alkanes of at least 4 members (excludes halogenated alkanes) is 1. The lowest BCUT2D eigenvalue weighted by molar-refractivity contribution is -0.134. The highest BCUT2D eigenvalue weighted by Gasteiger charge is 2.41. The first-order valence-electron chi connectivity index (χ1n) is 7.11. The summed E-state index contributed by atoms with van der Waals surface area (Å²) in [5.74, 6) is -0.290. The molecule has 0 spiro atoms. The van der Waals surface area contributed by atoms with Gasteiger partial charge in [0.05, 0.1) is 0 Å². The monoisotopic (exact) mass is 305 g/mol.